The number of hydrogen-bond donors (Lipinski definition) is 1. The topological polar surface area (TPSA) is 74.7 Å². The van der Waals surface area contributed by atoms with E-state index < -0.39 is 12.0 Å². The van der Waals surface area contributed by atoms with Crippen molar-refractivity contribution in [2.24, 2.45) is 23.7 Å². The fourth-order valence-corrected chi connectivity index (χ4v) is 3.87. The van der Waals surface area contributed by atoms with E-state index in [0.717, 1.165) is 11.3 Å². The standard InChI is InChI=1S/C14H17NO4/c1-2-3-9(14(18)19)15-12(16)10-7-4-5-8(6-7)11(10)13(15)17/h4-5,7-11H,2-3,6H2,1H3,(H,18,19)/t7-,8-,9+,10-,11-/m0/s1. The number of hydrogen-bond acceptors (Lipinski definition) is 3. The van der Waals surface area contributed by atoms with Crippen molar-refractivity contribution in [3.63, 3.8) is 0 Å². The number of carbonyl (C=O) groups is 3. The van der Waals surface area contributed by atoms with Gasteiger partial charge in [-0.25, -0.2) is 4.79 Å². The highest BCUT2D eigenvalue weighted by molar-refractivity contribution is 6.08. The van der Waals surface area contributed by atoms with Crippen molar-refractivity contribution < 1.29 is 19.5 Å². The van der Waals surface area contributed by atoms with Crippen LogP contribution in [-0.2, 0) is 14.4 Å². The van der Waals surface area contributed by atoms with Crippen molar-refractivity contribution in [3.05, 3.63) is 12.2 Å². The molecule has 102 valence electrons. The van der Waals surface area contributed by atoms with Crippen molar-refractivity contribution in [2.45, 2.75) is 32.2 Å². The van der Waals surface area contributed by atoms with Crippen LogP contribution in [-0.4, -0.2) is 33.8 Å². The largest absolute Gasteiger partial charge is 0.480 e. The number of fused-ring (bicyclic) bond motifs is 5. The summed E-state index contributed by atoms with van der Waals surface area (Å²) in [4.78, 5) is 37.2. The predicted molar refractivity (Wildman–Crippen MR) is 65.9 cm³/mol. The molecule has 0 spiro atoms. The molecule has 5 atom stereocenters. The van der Waals surface area contributed by atoms with E-state index in [2.05, 4.69) is 0 Å². The Hall–Kier alpha value is -1.65. The molecule has 2 aliphatic carbocycles. The molecular weight excluding hydrogens is 246 g/mol. The number of rotatable bonds is 4. The van der Waals surface area contributed by atoms with E-state index in [1.165, 1.54) is 0 Å². The number of nitrogens with zero attached hydrogens (tertiary/aromatic N) is 1. The third-order valence-electron chi connectivity index (χ3n) is 4.66. The van der Waals surface area contributed by atoms with E-state index in [9.17, 15) is 19.5 Å². The summed E-state index contributed by atoms with van der Waals surface area (Å²) >= 11 is 0. The lowest BCUT2D eigenvalue weighted by Gasteiger charge is -2.24. The zero-order valence-electron chi connectivity index (χ0n) is 10.8. The third-order valence-corrected chi connectivity index (χ3v) is 4.66. The Morgan fingerprint density at radius 1 is 1.32 bits per heavy atom. The average Bonchev–Trinajstić information content (AvgIpc) is 3.02. The Kier molecular flexibility index (Phi) is 2.73. The first kappa shape index (κ1) is 12.4. The van der Waals surface area contributed by atoms with Crippen molar-refractivity contribution in [2.75, 3.05) is 0 Å². The van der Waals surface area contributed by atoms with Crippen LogP contribution in [0.5, 0.6) is 0 Å². The molecule has 5 heteroatoms. The Bertz CT molecular complexity index is 454. The number of aliphatic carboxylic acids is 1. The second-order valence-corrected chi connectivity index (χ2v) is 5.69. The summed E-state index contributed by atoms with van der Waals surface area (Å²) < 4.78 is 0. The number of likely N-dealkylation sites (tertiary alicyclic amines) is 1. The molecule has 1 heterocycles. The molecule has 0 aromatic carbocycles. The summed E-state index contributed by atoms with van der Waals surface area (Å²) in [6.07, 6.45) is 5.85. The van der Waals surface area contributed by atoms with Gasteiger partial charge in [-0.15, -0.1) is 0 Å². The van der Waals surface area contributed by atoms with Crippen LogP contribution >= 0.6 is 0 Å². The summed E-state index contributed by atoms with van der Waals surface area (Å²) in [5.41, 5.74) is 0. The van der Waals surface area contributed by atoms with Crippen molar-refractivity contribution >= 4 is 17.8 Å². The molecule has 2 amide bonds. The van der Waals surface area contributed by atoms with Crippen LogP contribution in [0.25, 0.3) is 0 Å². The number of carboxylic acids is 1. The molecule has 3 rings (SSSR count). The van der Waals surface area contributed by atoms with Gasteiger partial charge in [-0.1, -0.05) is 25.5 Å². The molecule has 3 aliphatic rings. The lowest BCUT2D eigenvalue weighted by atomic mass is 9.85. The van der Waals surface area contributed by atoms with Gasteiger partial charge in [0, 0.05) is 0 Å². The van der Waals surface area contributed by atoms with E-state index in [1.54, 1.807) is 0 Å². The number of allylic oxidation sites excluding steroid dienone is 2. The summed E-state index contributed by atoms with van der Waals surface area (Å²) in [6.45, 7) is 1.85. The quantitative estimate of drug-likeness (QED) is 0.607. The minimum Gasteiger partial charge on any atom is -0.480 e. The zero-order valence-corrected chi connectivity index (χ0v) is 10.8. The monoisotopic (exact) mass is 263 g/mol. The maximum absolute atomic E-state index is 12.4. The maximum atomic E-state index is 12.4. The molecule has 1 N–H and O–H groups in total. The van der Waals surface area contributed by atoms with Gasteiger partial charge < -0.3 is 5.11 Å². The van der Waals surface area contributed by atoms with Crippen molar-refractivity contribution in [1.29, 1.82) is 0 Å². The highest BCUT2D eigenvalue weighted by Gasteiger charge is 2.60. The van der Waals surface area contributed by atoms with Crippen LogP contribution < -0.4 is 0 Å². The minimum atomic E-state index is -1.08. The second kappa shape index (κ2) is 4.18. The molecule has 2 fully saturated rings. The van der Waals surface area contributed by atoms with Crippen LogP contribution in [0, 0.1) is 23.7 Å². The molecule has 1 saturated carbocycles. The van der Waals surface area contributed by atoms with Gasteiger partial charge in [0.25, 0.3) is 0 Å². The second-order valence-electron chi connectivity index (χ2n) is 5.69. The summed E-state index contributed by atoms with van der Waals surface area (Å²) in [5.74, 6) is -1.97. The summed E-state index contributed by atoms with van der Waals surface area (Å²) in [7, 11) is 0. The molecule has 19 heavy (non-hydrogen) atoms. The minimum absolute atomic E-state index is 0.132. The van der Waals surface area contributed by atoms with E-state index in [0.29, 0.717) is 12.8 Å². The van der Waals surface area contributed by atoms with Crippen LogP contribution in [0.15, 0.2) is 12.2 Å². The Labute approximate surface area is 111 Å². The lowest BCUT2D eigenvalue weighted by Crippen LogP contribution is -2.46. The highest BCUT2D eigenvalue weighted by atomic mass is 16.4. The first-order valence-corrected chi connectivity index (χ1v) is 6.84. The maximum Gasteiger partial charge on any atom is 0.326 e. The Morgan fingerprint density at radius 2 is 1.84 bits per heavy atom. The van der Waals surface area contributed by atoms with Crippen LogP contribution in [0.4, 0.5) is 0 Å². The molecule has 2 bridgehead atoms. The van der Waals surface area contributed by atoms with E-state index >= 15 is 0 Å². The first-order chi connectivity index (χ1) is 9.06. The molecule has 0 aromatic rings. The predicted octanol–water partition coefficient (Wildman–Crippen LogP) is 1.05. The van der Waals surface area contributed by atoms with Crippen LogP contribution in [0.1, 0.15) is 26.2 Å². The lowest BCUT2D eigenvalue weighted by molar-refractivity contribution is -0.155. The van der Waals surface area contributed by atoms with E-state index in [-0.39, 0.29) is 35.5 Å². The molecule has 0 aromatic heterocycles. The number of imide groups is 1. The molecular formula is C14H17NO4. The average molecular weight is 263 g/mol. The smallest absolute Gasteiger partial charge is 0.326 e. The number of carbonyl (C=O) groups excluding carboxylic acids is 2. The molecule has 1 saturated heterocycles. The summed E-state index contributed by atoms with van der Waals surface area (Å²) in [5, 5.41) is 9.25. The normalized spacial score (nSPS) is 37.0. The van der Waals surface area contributed by atoms with Gasteiger partial charge in [0.2, 0.25) is 11.8 Å². The van der Waals surface area contributed by atoms with Crippen molar-refractivity contribution in [3.8, 4) is 0 Å². The van der Waals surface area contributed by atoms with E-state index in [1.807, 2.05) is 19.1 Å². The first-order valence-electron chi connectivity index (χ1n) is 6.84. The van der Waals surface area contributed by atoms with Gasteiger partial charge in [-0.05, 0) is 24.7 Å². The van der Waals surface area contributed by atoms with Gasteiger partial charge >= 0.3 is 5.97 Å². The van der Waals surface area contributed by atoms with Gasteiger partial charge in [0.1, 0.15) is 6.04 Å². The van der Waals surface area contributed by atoms with E-state index in [4.69, 9.17) is 0 Å². The Balaban J connectivity index is 1.91. The zero-order chi connectivity index (χ0) is 13.7. The van der Waals surface area contributed by atoms with Gasteiger partial charge in [-0.2, -0.15) is 0 Å². The fraction of sp³-hybridized carbons (Fsp3) is 0.643. The molecule has 5 nitrogen and oxygen atoms in total. The number of carboxylic acid groups (broad SMARTS) is 1. The summed E-state index contributed by atoms with van der Waals surface area (Å²) in [6, 6.07) is -0.991. The van der Waals surface area contributed by atoms with Gasteiger partial charge in [-0.3, -0.25) is 14.5 Å². The van der Waals surface area contributed by atoms with Crippen LogP contribution in [0.2, 0.25) is 0 Å². The SMILES string of the molecule is CCC[C@H](C(=O)O)N1C(=O)[C@@H]2[C@@H](C1=O)[C@H]1C=C[C@H]2C1. The number of amides is 2. The molecule has 0 radical (unpaired) electrons. The Morgan fingerprint density at radius 3 is 2.26 bits per heavy atom. The third kappa shape index (κ3) is 1.57. The van der Waals surface area contributed by atoms with Crippen LogP contribution in [0.3, 0.4) is 0 Å². The fourth-order valence-electron chi connectivity index (χ4n) is 3.87. The van der Waals surface area contributed by atoms with Gasteiger partial charge in [0.05, 0.1) is 11.8 Å². The highest BCUT2D eigenvalue weighted by Crippen LogP contribution is 2.52. The molecule has 1 aliphatic heterocycles. The molecule has 0 unspecified atom stereocenters. The van der Waals surface area contributed by atoms with Gasteiger partial charge in [0.15, 0.2) is 0 Å². The van der Waals surface area contributed by atoms with Crippen molar-refractivity contribution in [1.82, 2.24) is 4.90 Å².